The molecule has 8 heteroatoms. The van der Waals surface area contributed by atoms with E-state index in [1.807, 2.05) is 0 Å². The Morgan fingerprint density at radius 1 is 1.20 bits per heavy atom. The molecule has 2 amide bonds. The van der Waals surface area contributed by atoms with Gasteiger partial charge in [0.05, 0.1) is 11.1 Å². The summed E-state index contributed by atoms with van der Waals surface area (Å²) in [5.41, 5.74) is 12.1. The molecular weight excluding hydrogens is 322 g/mol. The third kappa shape index (κ3) is 3.54. The summed E-state index contributed by atoms with van der Waals surface area (Å²) in [5, 5.41) is 7.02. The second-order valence-corrected chi connectivity index (χ2v) is 6.11. The zero-order chi connectivity index (χ0) is 17.9. The predicted molar refractivity (Wildman–Crippen MR) is 92.3 cm³/mol. The molecule has 2 heterocycles. The Hall–Kier alpha value is -2.71. The van der Waals surface area contributed by atoms with Gasteiger partial charge in [0.25, 0.3) is 5.91 Å². The fourth-order valence-electron chi connectivity index (χ4n) is 2.85. The van der Waals surface area contributed by atoms with Gasteiger partial charge in [-0.25, -0.2) is 4.68 Å². The molecule has 0 spiro atoms. The molecule has 1 saturated heterocycles. The van der Waals surface area contributed by atoms with Crippen LogP contribution in [0.3, 0.4) is 0 Å². The van der Waals surface area contributed by atoms with Crippen molar-refractivity contribution in [3.05, 3.63) is 42.2 Å². The highest BCUT2D eigenvalue weighted by Crippen LogP contribution is 2.31. The number of rotatable bonds is 5. The lowest BCUT2D eigenvalue weighted by molar-refractivity contribution is -0.130. The Bertz CT molecular complexity index is 763. The number of carbonyl (C=O) groups is 2. The lowest BCUT2D eigenvalue weighted by Gasteiger charge is -2.34. The molecule has 0 radical (unpaired) electrons. The molecule has 1 fully saturated rings. The van der Waals surface area contributed by atoms with Crippen LogP contribution in [0.5, 0.6) is 0 Å². The number of primary amides is 1. The largest absolute Gasteiger partial charge is 0.381 e. The van der Waals surface area contributed by atoms with Gasteiger partial charge in [-0.2, -0.15) is 5.10 Å². The van der Waals surface area contributed by atoms with Crippen LogP contribution >= 0.6 is 0 Å². The van der Waals surface area contributed by atoms with Gasteiger partial charge >= 0.3 is 0 Å². The third-order valence-electron chi connectivity index (χ3n) is 4.55. The van der Waals surface area contributed by atoms with Crippen LogP contribution < -0.4 is 16.8 Å². The Morgan fingerprint density at radius 2 is 1.88 bits per heavy atom. The molecule has 1 aliphatic heterocycles. The molecule has 8 nitrogen and oxygen atoms in total. The summed E-state index contributed by atoms with van der Waals surface area (Å²) in [6.45, 7) is 1.39. The number of amides is 2. The van der Waals surface area contributed by atoms with Gasteiger partial charge in [0.1, 0.15) is 5.69 Å². The Balaban J connectivity index is 1.71. The molecule has 1 aliphatic rings. The van der Waals surface area contributed by atoms with E-state index in [0.717, 1.165) is 5.69 Å². The molecule has 0 aliphatic carbocycles. The van der Waals surface area contributed by atoms with E-state index in [-0.39, 0.29) is 11.6 Å². The standard InChI is InChI=1S/C17H21N5O3/c18-11-17(6-9-25-10-7-17)16(24)20-12-1-3-13(4-2-12)22-8-5-14(21-22)15(19)23/h1-5,8H,6-7,9-11,18H2,(H2,19,23)(H,20,24). The Morgan fingerprint density at radius 3 is 2.44 bits per heavy atom. The predicted octanol–water partition coefficient (Wildman–Crippen LogP) is 0.665. The molecule has 2 aromatic rings. The number of nitrogens with one attached hydrogen (secondary N) is 1. The van der Waals surface area contributed by atoms with Crippen LogP contribution in [0.4, 0.5) is 5.69 Å². The number of aromatic nitrogens is 2. The first-order valence-corrected chi connectivity index (χ1v) is 8.09. The van der Waals surface area contributed by atoms with Crippen LogP contribution in [-0.4, -0.2) is 41.4 Å². The van der Waals surface area contributed by atoms with Crippen LogP contribution in [0.1, 0.15) is 23.3 Å². The first-order valence-electron chi connectivity index (χ1n) is 8.09. The van der Waals surface area contributed by atoms with Gasteiger partial charge in [-0.05, 0) is 43.2 Å². The fourth-order valence-corrected chi connectivity index (χ4v) is 2.85. The molecule has 1 aromatic carbocycles. The van der Waals surface area contributed by atoms with Gasteiger partial charge in [0, 0.05) is 31.6 Å². The number of carbonyl (C=O) groups excluding carboxylic acids is 2. The lowest BCUT2D eigenvalue weighted by atomic mass is 9.79. The molecule has 5 N–H and O–H groups in total. The number of anilines is 1. The van der Waals surface area contributed by atoms with Gasteiger partial charge in [0.15, 0.2) is 0 Å². The van der Waals surface area contributed by atoms with Crippen molar-refractivity contribution in [3.8, 4) is 5.69 Å². The molecule has 3 rings (SSSR count). The Labute approximate surface area is 145 Å². The first kappa shape index (κ1) is 17.1. The van der Waals surface area contributed by atoms with Crippen LogP contribution in [0.25, 0.3) is 5.69 Å². The second kappa shape index (κ2) is 7.04. The molecule has 0 atom stereocenters. The van der Waals surface area contributed by atoms with Crippen molar-refractivity contribution in [3.63, 3.8) is 0 Å². The van der Waals surface area contributed by atoms with E-state index in [1.165, 1.54) is 0 Å². The maximum atomic E-state index is 12.6. The summed E-state index contributed by atoms with van der Waals surface area (Å²) in [5.74, 6) is -0.660. The molecule has 1 aromatic heterocycles. The van der Waals surface area contributed by atoms with Crippen LogP contribution in [0, 0.1) is 5.41 Å². The van der Waals surface area contributed by atoms with Crippen LogP contribution in [0.15, 0.2) is 36.5 Å². The third-order valence-corrected chi connectivity index (χ3v) is 4.55. The average Bonchev–Trinajstić information content (AvgIpc) is 3.13. The monoisotopic (exact) mass is 343 g/mol. The number of benzene rings is 1. The lowest BCUT2D eigenvalue weighted by Crippen LogP contribution is -2.46. The van der Waals surface area contributed by atoms with Crippen molar-refractivity contribution in [1.29, 1.82) is 0 Å². The molecule has 0 bridgehead atoms. The van der Waals surface area contributed by atoms with E-state index in [9.17, 15) is 9.59 Å². The molecule has 25 heavy (non-hydrogen) atoms. The van der Waals surface area contributed by atoms with E-state index in [4.69, 9.17) is 16.2 Å². The van der Waals surface area contributed by atoms with Crippen molar-refractivity contribution in [2.75, 3.05) is 25.1 Å². The van der Waals surface area contributed by atoms with Crippen LogP contribution in [0.2, 0.25) is 0 Å². The van der Waals surface area contributed by atoms with Gasteiger partial charge < -0.3 is 21.5 Å². The molecular formula is C17H21N5O3. The van der Waals surface area contributed by atoms with Crippen molar-refractivity contribution < 1.29 is 14.3 Å². The minimum atomic E-state index is -0.578. The van der Waals surface area contributed by atoms with Crippen molar-refractivity contribution in [2.24, 2.45) is 16.9 Å². The number of nitrogens with zero attached hydrogens (tertiary/aromatic N) is 2. The highest BCUT2D eigenvalue weighted by atomic mass is 16.5. The normalized spacial score (nSPS) is 16.4. The topological polar surface area (TPSA) is 125 Å². The van der Waals surface area contributed by atoms with Crippen molar-refractivity contribution in [1.82, 2.24) is 9.78 Å². The summed E-state index contributed by atoms with van der Waals surface area (Å²) in [4.78, 5) is 23.7. The molecule has 132 valence electrons. The summed E-state index contributed by atoms with van der Waals surface area (Å²) in [6, 6.07) is 8.71. The highest BCUT2D eigenvalue weighted by Gasteiger charge is 2.38. The van der Waals surface area contributed by atoms with Crippen LogP contribution in [-0.2, 0) is 9.53 Å². The maximum absolute atomic E-state index is 12.6. The number of ether oxygens (including phenoxy) is 1. The van der Waals surface area contributed by atoms with E-state index in [1.54, 1.807) is 41.2 Å². The van der Waals surface area contributed by atoms with E-state index >= 15 is 0 Å². The van der Waals surface area contributed by atoms with Gasteiger partial charge in [-0.3, -0.25) is 9.59 Å². The number of hydrogen-bond acceptors (Lipinski definition) is 5. The van der Waals surface area contributed by atoms with Crippen molar-refractivity contribution in [2.45, 2.75) is 12.8 Å². The molecule has 0 saturated carbocycles. The van der Waals surface area contributed by atoms with E-state index in [0.29, 0.717) is 38.3 Å². The zero-order valence-electron chi connectivity index (χ0n) is 13.8. The van der Waals surface area contributed by atoms with Crippen molar-refractivity contribution >= 4 is 17.5 Å². The quantitative estimate of drug-likeness (QED) is 0.735. The SMILES string of the molecule is NCC1(C(=O)Nc2ccc(-n3ccc(C(N)=O)n3)cc2)CCOCC1. The highest BCUT2D eigenvalue weighted by molar-refractivity contribution is 5.95. The molecule has 0 unspecified atom stereocenters. The second-order valence-electron chi connectivity index (χ2n) is 6.11. The fraction of sp³-hybridized carbons (Fsp3) is 0.353. The van der Waals surface area contributed by atoms with E-state index in [2.05, 4.69) is 10.4 Å². The smallest absolute Gasteiger partial charge is 0.269 e. The Kier molecular flexibility index (Phi) is 4.82. The summed E-state index contributed by atoms with van der Waals surface area (Å²) >= 11 is 0. The van der Waals surface area contributed by atoms with Gasteiger partial charge in [-0.15, -0.1) is 0 Å². The zero-order valence-corrected chi connectivity index (χ0v) is 13.8. The minimum absolute atomic E-state index is 0.0823. The first-order chi connectivity index (χ1) is 12.0. The summed E-state index contributed by atoms with van der Waals surface area (Å²) in [6.07, 6.45) is 2.90. The van der Waals surface area contributed by atoms with E-state index < -0.39 is 11.3 Å². The minimum Gasteiger partial charge on any atom is -0.381 e. The van der Waals surface area contributed by atoms with Gasteiger partial charge in [-0.1, -0.05) is 0 Å². The number of hydrogen-bond donors (Lipinski definition) is 3. The average molecular weight is 343 g/mol. The summed E-state index contributed by atoms with van der Waals surface area (Å²) < 4.78 is 6.88. The summed E-state index contributed by atoms with van der Waals surface area (Å²) in [7, 11) is 0. The number of nitrogens with two attached hydrogens (primary N) is 2. The van der Waals surface area contributed by atoms with Gasteiger partial charge in [0.2, 0.25) is 5.91 Å². The maximum Gasteiger partial charge on any atom is 0.269 e.